The fraction of sp³-hybridized carbons (Fsp3) is 0.667. The SMILES string of the molecule is COc1ccc2c3c1O[C@@H]1C(=O)CC[C@@H]4[C@H](C2)N(CC2CC2)CC[C@@]314. The third kappa shape index (κ3) is 1.74. The molecule has 1 spiro atoms. The maximum Gasteiger partial charge on any atom is 0.174 e. The van der Waals surface area contributed by atoms with Gasteiger partial charge in [0.2, 0.25) is 0 Å². The van der Waals surface area contributed by atoms with E-state index in [4.69, 9.17) is 9.47 Å². The van der Waals surface area contributed by atoms with Crippen molar-refractivity contribution in [3.63, 3.8) is 0 Å². The molecule has 0 unspecified atom stereocenters. The molecule has 1 aromatic carbocycles. The Morgan fingerprint density at radius 3 is 3.00 bits per heavy atom. The van der Waals surface area contributed by atoms with E-state index in [-0.39, 0.29) is 11.5 Å². The van der Waals surface area contributed by atoms with E-state index in [0.717, 1.165) is 43.2 Å². The number of hydrogen-bond donors (Lipinski definition) is 0. The van der Waals surface area contributed by atoms with E-state index in [0.29, 0.717) is 24.2 Å². The highest BCUT2D eigenvalue weighted by atomic mass is 16.5. The average molecular weight is 339 g/mol. The number of piperidine rings is 1. The summed E-state index contributed by atoms with van der Waals surface area (Å²) in [5, 5.41) is 0. The second-order valence-electron chi connectivity index (χ2n) is 8.74. The molecular formula is C21H25NO3. The Labute approximate surface area is 148 Å². The largest absolute Gasteiger partial charge is 0.493 e. The van der Waals surface area contributed by atoms with Crippen LogP contribution in [0, 0.1) is 11.8 Å². The summed E-state index contributed by atoms with van der Waals surface area (Å²) in [6, 6.07) is 4.85. The molecular weight excluding hydrogens is 314 g/mol. The van der Waals surface area contributed by atoms with Gasteiger partial charge in [-0.1, -0.05) is 6.07 Å². The lowest BCUT2D eigenvalue weighted by atomic mass is 9.51. The molecule has 0 aromatic heterocycles. The second-order valence-corrected chi connectivity index (χ2v) is 8.74. The minimum absolute atomic E-state index is 0.0858. The first-order chi connectivity index (χ1) is 12.2. The molecule has 6 rings (SSSR count). The Hall–Kier alpha value is -1.55. The minimum atomic E-state index is -0.276. The number of methoxy groups -OCH3 is 1. The molecule has 4 atom stereocenters. The van der Waals surface area contributed by atoms with Crippen molar-refractivity contribution in [3.8, 4) is 11.5 Å². The van der Waals surface area contributed by atoms with Gasteiger partial charge in [-0.2, -0.15) is 0 Å². The molecule has 4 heteroatoms. The molecule has 1 saturated heterocycles. The molecule has 4 nitrogen and oxygen atoms in total. The summed E-state index contributed by atoms with van der Waals surface area (Å²) >= 11 is 0. The van der Waals surface area contributed by atoms with E-state index in [1.807, 2.05) is 6.07 Å². The number of carbonyl (C=O) groups is 1. The van der Waals surface area contributed by atoms with Gasteiger partial charge in [-0.15, -0.1) is 0 Å². The van der Waals surface area contributed by atoms with Crippen LogP contribution < -0.4 is 9.47 Å². The number of nitrogens with zero attached hydrogens (tertiary/aromatic N) is 1. The highest BCUT2D eigenvalue weighted by Gasteiger charge is 2.66. The van der Waals surface area contributed by atoms with Crippen LogP contribution in [0.1, 0.15) is 43.2 Å². The van der Waals surface area contributed by atoms with E-state index in [9.17, 15) is 4.79 Å². The van der Waals surface area contributed by atoms with Crippen molar-refractivity contribution < 1.29 is 14.3 Å². The van der Waals surface area contributed by atoms with Crippen LogP contribution in [0.2, 0.25) is 0 Å². The van der Waals surface area contributed by atoms with Crippen LogP contribution in [-0.4, -0.2) is 43.0 Å². The molecule has 0 N–H and O–H groups in total. The van der Waals surface area contributed by atoms with E-state index in [2.05, 4.69) is 11.0 Å². The summed E-state index contributed by atoms with van der Waals surface area (Å²) in [6.07, 6.45) is 6.40. The zero-order valence-electron chi connectivity index (χ0n) is 14.8. The van der Waals surface area contributed by atoms with Crippen LogP contribution in [0.4, 0.5) is 0 Å². The zero-order chi connectivity index (χ0) is 16.8. The van der Waals surface area contributed by atoms with Gasteiger partial charge in [-0.05, 0) is 62.1 Å². The standard InChI is InChI=1S/C21H25NO3/c1-24-17-7-4-13-10-15-14-5-6-16(23)20-21(14,18(13)19(17)25-20)8-9-22(15)11-12-2-3-12/h4,7,12,14-15,20H,2-3,5-6,8-11H2,1H3/t14-,15+,20-,21-/m1/s1. The predicted octanol–water partition coefficient (Wildman–Crippen LogP) is 2.71. The quantitative estimate of drug-likeness (QED) is 0.849. The van der Waals surface area contributed by atoms with Gasteiger partial charge >= 0.3 is 0 Å². The number of ether oxygens (including phenoxy) is 2. The van der Waals surface area contributed by atoms with E-state index in [1.165, 1.54) is 30.5 Å². The third-order valence-corrected chi connectivity index (χ3v) is 7.62. The van der Waals surface area contributed by atoms with Crippen molar-refractivity contribution in [2.75, 3.05) is 20.2 Å². The first-order valence-electron chi connectivity index (χ1n) is 9.86. The van der Waals surface area contributed by atoms with Crippen LogP contribution in [0.25, 0.3) is 0 Å². The number of likely N-dealkylation sites (tertiary alicyclic amines) is 1. The Morgan fingerprint density at radius 2 is 2.20 bits per heavy atom. The van der Waals surface area contributed by atoms with Gasteiger partial charge in [0.05, 0.1) is 7.11 Å². The topological polar surface area (TPSA) is 38.8 Å². The molecule has 132 valence electrons. The predicted molar refractivity (Wildman–Crippen MR) is 93.2 cm³/mol. The summed E-state index contributed by atoms with van der Waals surface area (Å²) in [6.45, 7) is 2.37. The van der Waals surface area contributed by atoms with E-state index >= 15 is 0 Å². The summed E-state index contributed by atoms with van der Waals surface area (Å²) in [4.78, 5) is 15.6. The lowest BCUT2D eigenvalue weighted by Crippen LogP contribution is -2.66. The summed E-state index contributed by atoms with van der Waals surface area (Å²) < 4.78 is 11.9. The van der Waals surface area contributed by atoms with Gasteiger partial charge in [0.15, 0.2) is 23.4 Å². The number of hydrogen-bond acceptors (Lipinski definition) is 4. The number of ketones is 1. The fourth-order valence-corrected chi connectivity index (χ4v) is 6.42. The molecule has 3 aliphatic carbocycles. The first-order valence-corrected chi connectivity index (χ1v) is 9.86. The van der Waals surface area contributed by atoms with E-state index < -0.39 is 0 Å². The van der Waals surface area contributed by atoms with Gasteiger partial charge in [0.1, 0.15) is 0 Å². The van der Waals surface area contributed by atoms with Crippen molar-refractivity contribution in [1.82, 2.24) is 4.90 Å². The number of Topliss-reactive ketones (excluding diaryl/α,β-unsaturated/α-hetero) is 1. The Morgan fingerprint density at radius 1 is 1.32 bits per heavy atom. The van der Waals surface area contributed by atoms with Gasteiger partial charge in [-0.3, -0.25) is 9.69 Å². The van der Waals surface area contributed by atoms with Crippen molar-refractivity contribution in [3.05, 3.63) is 23.3 Å². The van der Waals surface area contributed by atoms with Crippen LogP contribution in [0.3, 0.4) is 0 Å². The highest BCUT2D eigenvalue weighted by molar-refractivity contribution is 5.89. The van der Waals surface area contributed by atoms with Crippen molar-refractivity contribution in [2.45, 2.75) is 56.1 Å². The van der Waals surface area contributed by atoms with Crippen molar-refractivity contribution in [2.24, 2.45) is 11.8 Å². The molecule has 0 amide bonds. The van der Waals surface area contributed by atoms with E-state index in [1.54, 1.807) is 7.11 Å². The molecule has 25 heavy (non-hydrogen) atoms. The van der Waals surface area contributed by atoms with Crippen LogP contribution in [0.5, 0.6) is 11.5 Å². The molecule has 0 radical (unpaired) electrons. The zero-order valence-corrected chi connectivity index (χ0v) is 14.8. The maximum atomic E-state index is 12.8. The normalized spacial score (nSPS) is 38.3. The van der Waals surface area contributed by atoms with Crippen molar-refractivity contribution in [1.29, 1.82) is 0 Å². The molecule has 2 heterocycles. The smallest absolute Gasteiger partial charge is 0.174 e. The van der Waals surface area contributed by atoms with Gasteiger partial charge in [-0.25, -0.2) is 0 Å². The minimum Gasteiger partial charge on any atom is -0.493 e. The summed E-state index contributed by atoms with van der Waals surface area (Å²) in [7, 11) is 1.70. The Balaban J connectivity index is 1.53. The van der Waals surface area contributed by atoms with Gasteiger partial charge < -0.3 is 9.47 Å². The summed E-state index contributed by atoms with van der Waals surface area (Å²) in [5.74, 6) is 3.45. The molecule has 3 fully saturated rings. The number of carbonyl (C=O) groups excluding carboxylic acids is 1. The van der Waals surface area contributed by atoms with Gasteiger partial charge in [0, 0.05) is 30.0 Å². The first kappa shape index (κ1) is 14.6. The molecule has 2 bridgehead atoms. The maximum absolute atomic E-state index is 12.8. The Kier molecular flexibility index (Phi) is 2.80. The molecule has 5 aliphatic rings. The average Bonchev–Trinajstić information content (AvgIpc) is 3.36. The lowest BCUT2D eigenvalue weighted by Gasteiger charge is -2.57. The highest BCUT2D eigenvalue weighted by Crippen LogP contribution is 2.63. The van der Waals surface area contributed by atoms with Crippen LogP contribution >= 0.6 is 0 Å². The monoisotopic (exact) mass is 339 g/mol. The number of benzene rings is 1. The van der Waals surface area contributed by atoms with Crippen LogP contribution in [0.15, 0.2) is 12.1 Å². The van der Waals surface area contributed by atoms with Crippen LogP contribution in [-0.2, 0) is 16.6 Å². The van der Waals surface area contributed by atoms with Crippen molar-refractivity contribution >= 4 is 5.78 Å². The second kappa shape index (κ2) is 4.79. The number of rotatable bonds is 3. The molecule has 1 aromatic rings. The summed E-state index contributed by atoms with van der Waals surface area (Å²) in [5.41, 5.74) is 2.64. The fourth-order valence-electron chi connectivity index (χ4n) is 6.42. The third-order valence-electron chi connectivity index (χ3n) is 7.62. The Bertz CT molecular complexity index is 771. The molecule has 2 aliphatic heterocycles. The lowest BCUT2D eigenvalue weighted by molar-refractivity contribution is -0.138. The molecule has 2 saturated carbocycles. The van der Waals surface area contributed by atoms with Gasteiger partial charge in [0.25, 0.3) is 0 Å².